The smallest absolute Gasteiger partial charge is 0.292 e. The highest BCUT2D eigenvalue weighted by Crippen LogP contribution is 2.45. The standard InChI is InChI=1S/C27H31N9O3/c1-13(37)21-22(16-9-17-6-7-18(10-16)35(17)26(38)24-31-14(2)33-34-24)32-25-19(12-30-36(25)23(21)28)15-5-8-20(29-11-15)27(3,4)39/h5,8,11-12,16-18,39H,6-7,9-10,28H2,1-4H3,(H,31,33,34)/t16-,17-,18+. The molecule has 1 amide bonds. The number of Topliss-reactive ketones (excluding diaryl/α,β-unsaturated/α-hetero) is 1. The summed E-state index contributed by atoms with van der Waals surface area (Å²) in [7, 11) is 0. The Bertz CT molecular complexity index is 1590. The molecule has 39 heavy (non-hydrogen) atoms. The van der Waals surface area contributed by atoms with Gasteiger partial charge in [-0.05, 0) is 59.4 Å². The van der Waals surface area contributed by atoms with E-state index in [1.165, 1.54) is 11.4 Å². The second-order valence-electron chi connectivity index (χ2n) is 11.1. The SMILES string of the molecule is CC(=O)c1c([C@@H]2C[C@H]3CC[C@@H](C2)N3C(=O)c2nnc(C)[nH]2)nc2c(-c3ccc(C(C)(C)O)nc3)cnn2c1N. The van der Waals surface area contributed by atoms with Crippen molar-refractivity contribution in [2.75, 3.05) is 5.73 Å². The predicted molar refractivity (Wildman–Crippen MR) is 142 cm³/mol. The number of hydrogen-bond donors (Lipinski definition) is 3. The van der Waals surface area contributed by atoms with Gasteiger partial charge in [0, 0.05) is 35.3 Å². The van der Waals surface area contributed by atoms with Gasteiger partial charge in [0.15, 0.2) is 11.4 Å². The molecule has 6 heterocycles. The van der Waals surface area contributed by atoms with Gasteiger partial charge in [0.1, 0.15) is 17.2 Å². The quantitative estimate of drug-likeness (QED) is 0.329. The van der Waals surface area contributed by atoms with Crippen LogP contribution in [0.25, 0.3) is 16.8 Å². The molecule has 2 aliphatic rings. The van der Waals surface area contributed by atoms with Crippen LogP contribution in [0.4, 0.5) is 5.82 Å². The molecule has 0 saturated carbocycles. The monoisotopic (exact) mass is 529 g/mol. The van der Waals surface area contributed by atoms with Gasteiger partial charge in [0.2, 0.25) is 5.82 Å². The zero-order valence-corrected chi connectivity index (χ0v) is 22.3. The molecule has 4 N–H and O–H groups in total. The maximum Gasteiger partial charge on any atom is 0.292 e. The molecule has 2 fully saturated rings. The molecule has 6 rings (SSSR count). The molecule has 2 bridgehead atoms. The van der Waals surface area contributed by atoms with E-state index in [4.69, 9.17) is 10.7 Å². The lowest BCUT2D eigenvalue weighted by molar-refractivity contribution is 0.0556. The van der Waals surface area contributed by atoms with Crippen molar-refractivity contribution in [3.8, 4) is 11.1 Å². The molecule has 0 spiro atoms. The summed E-state index contributed by atoms with van der Waals surface area (Å²) in [4.78, 5) is 40.4. The minimum Gasteiger partial charge on any atom is -0.384 e. The number of rotatable bonds is 5. The van der Waals surface area contributed by atoms with Crippen LogP contribution in [0, 0.1) is 6.92 Å². The number of nitrogens with zero attached hydrogens (tertiary/aromatic N) is 7. The van der Waals surface area contributed by atoms with Crippen molar-refractivity contribution in [2.24, 2.45) is 0 Å². The summed E-state index contributed by atoms with van der Waals surface area (Å²) in [5, 5.41) is 22.7. The molecule has 12 nitrogen and oxygen atoms in total. The molecule has 2 saturated heterocycles. The molecule has 3 atom stereocenters. The van der Waals surface area contributed by atoms with Crippen LogP contribution in [0.3, 0.4) is 0 Å². The van der Waals surface area contributed by atoms with Gasteiger partial charge in [-0.15, -0.1) is 10.2 Å². The highest BCUT2D eigenvalue weighted by Gasteiger charge is 2.46. The predicted octanol–water partition coefficient (Wildman–Crippen LogP) is 2.78. The van der Waals surface area contributed by atoms with Gasteiger partial charge in [-0.2, -0.15) is 9.61 Å². The number of hydrogen-bond acceptors (Lipinski definition) is 9. The minimum absolute atomic E-state index is 0.00803. The number of aromatic amines is 1. The summed E-state index contributed by atoms with van der Waals surface area (Å²) in [5.74, 6) is 0.736. The number of fused-ring (bicyclic) bond motifs is 3. The van der Waals surface area contributed by atoms with Gasteiger partial charge in [-0.25, -0.2) is 4.98 Å². The number of H-pyrrole nitrogens is 1. The molecular weight excluding hydrogens is 498 g/mol. The van der Waals surface area contributed by atoms with Crippen LogP contribution in [-0.2, 0) is 5.60 Å². The largest absolute Gasteiger partial charge is 0.384 e. The topological polar surface area (TPSA) is 168 Å². The number of nitrogens with one attached hydrogen (secondary N) is 1. The summed E-state index contributed by atoms with van der Waals surface area (Å²) < 4.78 is 1.50. The Hall–Kier alpha value is -4.19. The Balaban J connectivity index is 1.38. The normalized spacial score (nSPS) is 21.1. The van der Waals surface area contributed by atoms with E-state index in [0.717, 1.165) is 24.0 Å². The first kappa shape index (κ1) is 25.1. The van der Waals surface area contributed by atoms with Crippen LogP contribution in [0.15, 0.2) is 24.5 Å². The number of piperidine rings is 1. The lowest BCUT2D eigenvalue weighted by atomic mass is 9.85. The van der Waals surface area contributed by atoms with Crippen LogP contribution in [0.2, 0.25) is 0 Å². The van der Waals surface area contributed by atoms with Crippen molar-refractivity contribution in [2.45, 2.75) is 77.0 Å². The molecule has 0 radical (unpaired) electrons. The first-order valence-corrected chi connectivity index (χ1v) is 13.1. The van der Waals surface area contributed by atoms with E-state index in [0.29, 0.717) is 41.3 Å². The molecule has 202 valence electrons. The fourth-order valence-electron chi connectivity index (χ4n) is 6.10. The Morgan fingerprint density at radius 2 is 1.85 bits per heavy atom. The number of anilines is 1. The Labute approximate surface area is 224 Å². The Kier molecular flexibility index (Phi) is 5.75. The number of aromatic nitrogens is 7. The van der Waals surface area contributed by atoms with E-state index in [9.17, 15) is 14.7 Å². The summed E-state index contributed by atoms with van der Waals surface area (Å²) >= 11 is 0. The van der Waals surface area contributed by atoms with E-state index in [-0.39, 0.29) is 41.3 Å². The maximum atomic E-state index is 13.2. The number of carbonyl (C=O) groups excluding carboxylic acids is 2. The van der Waals surface area contributed by atoms with Crippen molar-refractivity contribution in [1.82, 2.24) is 39.7 Å². The van der Waals surface area contributed by atoms with Crippen LogP contribution in [0.1, 0.15) is 90.6 Å². The minimum atomic E-state index is -1.06. The third kappa shape index (κ3) is 4.15. The molecular formula is C27H31N9O3. The maximum absolute atomic E-state index is 13.2. The third-order valence-corrected chi connectivity index (χ3v) is 7.92. The number of carbonyl (C=O) groups is 2. The highest BCUT2D eigenvalue weighted by atomic mass is 16.3. The van der Waals surface area contributed by atoms with Crippen LogP contribution < -0.4 is 5.73 Å². The zero-order valence-electron chi connectivity index (χ0n) is 22.3. The number of pyridine rings is 1. The van der Waals surface area contributed by atoms with E-state index in [1.807, 2.05) is 11.0 Å². The number of aliphatic hydroxyl groups is 1. The van der Waals surface area contributed by atoms with Crippen molar-refractivity contribution < 1.29 is 14.7 Å². The summed E-state index contributed by atoms with van der Waals surface area (Å²) in [6, 6.07) is 3.65. The molecule has 0 unspecified atom stereocenters. The second kappa shape index (κ2) is 8.94. The van der Waals surface area contributed by atoms with Gasteiger partial charge in [0.25, 0.3) is 5.91 Å². The van der Waals surface area contributed by atoms with Gasteiger partial charge >= 0.3 is 0 Å². The number of nitrogen functional groups attached to an aromatic ring is 1. The van der Waals surface area contributed by atoms with Crippen molar-refractivity contribution in [1.29, 1.82) is 0 Å². The molecule has 2 aliphatic heterocycles. The number of nitrogens with two attached hydrogens (primary N) is 1. The number of aryl methyl sites for hydroxylation is 1. The molecule has 12 heteroatoms. The van der Waals surface area contributed by atoms with Gasteiger partial charge in [-0.3, -0.25) is 14.6 Å². The summed E-state index contributed by atoms with van der Waals surface area (Å²) in [5.41, 5.74) is 9.09. The Morgan fingerprint density at radius 1 is 1.13 bits per heavy atom. The van der Waals surface area contributed by atoms with E-state index in [1.54, 1.807) is 39.2 Å². The van der Waals surface area contributed by atoms with E-state index < -0.39 is 5.60 Å². The average Bonchev–Trinajstić information content (AvgIpc) is 3.58. The summed E-state index contributed by atoms with van der Waals surface area (Å²) in [6.45, 7) is 6.62. The zero-order chi connectivity index (χ0) is 27.6. The van der Waals surface area contributed by atoms with Gasteiger partial charge in [-0.1, -0.05) is 6.07 Å². The Morgan fingerprint density at radius 3 is 2.41 bits per heavy atom. The molecule has 4 aromatic rings. The van der Waals surface area contributed by atoms with E-state index in [2.05, 4.69) is 25.3 Å². The molecule has 0 aromatic carbocycles. The second-order valence-corrected chi connectivity index (χ2v) is 11.1. The first-order valence-electron chi connectivity index (χ1n) is 13.1. The lowest BCUT2D eigenvalue weighted by Crippen LogP contribution is -2.46. The van der Waals surface area contributed by atoms with Gasteiger partial charge < -0.3 is 20.7 Å². The van der Waals surface area contributed by atoms with Crippen LogP contribution >= 0.6 is 0 Å². The highest BCUT2D eigenvalue weighted by molar-refractivity contribution is 6.00. The van der Waals surface area contributed by atoms with Gasteiger partial charge in [0.05, 0.1) is 23.1 Å². The molecule has 0 aliphatic carbocycles. The van der Waals surface area contributed by atoms with Crippen LogP contribution in [0.5, 0.6) is 0 Å². The number of ketones is 1. The van der Waals surface area contributed by atoms with Crippen molar-refractivity contribution in [3.63, 3.8) is 0 Å². The van der Waals surface area contributed by atoms with Crippen LogP contribution in [-0.4, -0.2) is 68.5 Å². The number of amides is 1. The third-order valence-electron chi connectivity index (χ3n) is 7.92. The molecule has 4 aromatic heterocycles. The van der Waals surface area contributed by atoms with E-state index >= 15 is 0 Å². The average molecular weight is 530 g/mol. The first-order chi connectivity index (χ1) is 18.5. The fourth-order valence-corrected chi connectivity index (χ4v) is 6.10. The lowest BCUT2D eigenvalue weighted by Gasteiger charge is -2.38. The van der Waals surface area contributed by atoms with Crippen molar-refractivity contribution in [3.05, 3.63) is 53.1 Å². The fraction of sp³-hybridized carbons (Fsp3) is 0.444. The van der Waals surface area contributed by atoms with Crippen molar-refractivity contribution >= 4 is 23.2 Å². The summed E-state index contributed by atoms with van der Waals surface area (Å²) in [6.07, 6.45) is 6.44.